The fourth-order valence-corrected chi connectivity index (χ4v) is 3.63. The van der Waals surface area contributed by atoms with Crippen LogP contribution in [0.1, 0.15) is 35.9 Å². The van der Waals surface area contributed by atoms with E-state index < -0.39 is 30.0 Å². The Kier molecular flexibility index (Phi) is 6.63. The topological polar surface area (TPSA) is 97.5 Å². The number of aryl methyl sites for hydroxylation is 1. The highest BCUT2D eigenvalue weighted by atomic mass is 35.5. The van der Waals surface area contributed by atoms with Gasteiger partial charge in [-0.05, 0) is 43.2 Å². The van der Waals surface area contributed by atoms with Gasteiger partial charge in [0.25, 0.3) is 5.91 Å². The summed E-state index contributed by atoms with van der Waals surface area (Å²) < 4.78 is 48.8. The Morgan fingerprint density at radius 1 is 1.26 bits per heavy atom. The maximum Gasteiger partial charge on any atom is 0.433 e. The maximum absolute atomic E-state index is 12.6. The minimum absolute atomic E-state index is 0.0697. The van der Waals surface area contributed by atoms with Gasteiger partial charge in [-0.15, -0.1) is 0 Å². The van der Waals surface area contributed by atoms with Gasteiger partial charge >= 0.3 is 6.18 Å². The number of carbonyl (C=O) groups excluding carboxylic acids is 1. The molecule has 2 aromatic heterocycles. The maximum atomic E-state index is 12.6. The quantitative estimate of drug-likeness (QED) is 0.509. The molecule has 3 aromatic rings. The summed E-state index contributed by atoms with van der Waals surface area (Å²) in [6.45, 7) is 3.83. The van der Waals surface area contributed by atoms with Crippen molar-refractivity contribution in [2.24, 2.45) is 0 Å². The molecule has 34 heavy (non-hydrogen) atoms. The molecule has 0 spiro atoms. The van der Waals surface area contributed by atoms with Crippen molar-refractivity contribution < 1.29 is 32.3 Å². The average Bonchev–Trinajstić information content (AvgIpc) is 3.26. The minimum Gasteiger partial charge on any atom is -0.480 e. The summed E-state index contributed by atoms with van der Waals surface area (Å²) in [5.74, 6) is 0.220. The number of allylic oxidation sites excluding steroid dienone is 1. The number of benzene rings is 1. The van der Waals surface area contributed by atoms with Crippen LogP contribution in [0, 0.1) is 0 Å². The first-order valence-electron chi connectivity index (χ1n) is 10.2. The summed E-state index contributed by atoms with van der Waals surface area (Å²) in [5, 5.41) is 17.4. The van der Waals surface area contributed by atoms with E-state index in [1.807, 2.05) is 0 Å². The third-order valence-corrected chi connectivity index (χ3v) is 5.45. The molecule has 178 valence electrons. The number of amides is 1. The summed E-state index contributed by atoms with van der Waals surface area (Å²) in [4.78, 5) is 16.0. The van der Waals surface area contributed by atoms with Crippen LogP contribution in [-0.4, -0.2) is 27.3 Å². The van der Waals surface area contributed by atoms with Crippen molar-refractivity contribution in [3.8, 4) is 17.1 Å². The van der Waals surface area contributed by atoms with Crippen molar-refractivity contribution in [2.45, 2.75) is 37.6 Å². The number of nitrogens with zero attached hydrogens (tertiary/aromatic N) is 2. The molecule has 7 nitrogen and oxygen atoms in total. The Bertz CT molecular complexity index is 1210. The zero-order valence-corrected chi connectivity index (χ0v) is 18.4. The highest BCUT2D eigenvalue weighted by Crippen LogP contribution is 2.36. The van der Waals surface area contributed by atoms with Gasteiger partial charge in [0.15, 0.2) is 11.9 Å². The summed E-state index contributed by atoms with van der Waals surface area (Å²) in [7, 11) is 0. The Balaban J connectivity index is 1.30. The number of halogens is 4. The fourth-order valence-electron chi connectivity index (χ4n) is 3.45. The van der Waals surface area contributed by atoms with E-state index in [2.05, 4.69) is 22.0 Å². The molecule has 0 bridgehead atoms. The van der Waals surface area contributed by atoms with E-state index in [1.165, 1.54) is 6.07 Å². The molecular weight excluding hydrogens is 475 g/mol. The lowest BCUT2D eigenvalue weighted by atomic mass is 9.98. The Hall–Kier alpha value is -3.37. The predicted molar refractivity (Wildman–Crippen MR) is 116 cm³/mol. The second kappa shape index (κ2) is 9.47. The molecule has 2 atom stereocenters. The number of hydrogen-bond acceptors (Lipinski definition) is 6. The molecule has 1 aliphatic heterocycles. The largest absolute Gasteiger partial charge is 0.480 e. The van der Waals surface area contributed by atoms with Gasteiger partial charge in [-0.25, -0.2) is 0 Å². The smallest absolute Gasteiger partial charge is 0.433 e. The SMILES string of the molecule is C=C(CCc1cc(-c2ccc(C(F)(F)F)nc2)on1)NC(=O)[C@@H]1C[C@@H](O)c2cc(Cl)ccc2O1. The number of alkyl halides is 3. The molecule has 0 radical (unpaired) electrons. The van der Waals surface area contributed by atoms with Crippen molar-refractivity contribution in [2.75, 3.05) is 0 Å². The molecule has 11 heteroatoms. The van der Waals surface area contributed by atoms with Gasteiger partial charge in [-0.2, -0.15) is 13.2 Å². The van der Waals surface area contributed by atoms with Gasteiger partial charge < -0.3 is 19.7 Å². The summed E-state index contributed by atoms with van der Waals surface area (Å²) in [6, 6.07) is 8.52. The average molecular weight is 494 g/mol. The van der Waals surface area contributed by atoms with Crippen molar-refractivity contribution >= 4 is 17.5 Å². The first-order chi connectivity index (χ1) is 16.1. The lowest BCUT2D eigenvalue weighted by Crippen LogP contribution is -2.41. The van der Waals surface area contributed by atoms with Gasteiger partial charge in [0.2, 0.25) is 0 Å². The molecule has 3 heterocycles. The number of ether oxygens (including phenoxy) is 1. The molecular formula is C23H19ClF3N3O4. The summed E-state index contributed by atoms with van der Waals surface area (Å²) >= 11 is 5.94. The van der Waals surface area contributed by atoms with Crippen LogP contribution in [-0.2, 0) is 17.4 Å². The lowest BCUT2D eigenvalue weighted by molar-refractivity contribution is -0.141. The Labute approximate surface area is 197 Å². The highest BCUT2D eigenvalue weighted by molar-refractivity contribution is 6.30. The normalized spacial score (nSPS) is 17.6. The number of carbonyl (C=O) groups is 1. The van der Waals surface area contributed by atoms with Crippen molar-refractivity contribution in [3.63, 3.8) is 0 Å². The van der Waals surface area contributed by atoms with Gasteiger partial charge in [-0.3, -0.25) is 9.78 Å². The molecule has 0 fully saturated rings. The number of aliphatic hydroxyl groups excluding tert-OH is 1. The van der Waals surface area contributed by atoms with E-state index in [0.717, 1.165) is 12.3 Å². The zero-order valence-electron chi connectivity index (χ0n) is 17.6. The second-order valence-electron chi connectivity index (χ2n) is 7.75. The van der Waals surface area contributed by atoms with E-state index >= 15 is 0 Å². The summed E-state index contributed by atoms with van der Waals surface area (Å²) in [5.41, 5.74) is 0.824. The van der Waals surface area contributed by atoms with Crippen molar-refractivity contribution in [1.29, 1.82) is 0 Å². The van der Waals surface area contributed by atoms with Crippen LogP contribution in [0.25, 0.3) is 11.3 Å². The number of fused-ring (bicyclic) bond motifs is 1. The molecule has 4 rings (SSSR count). The molecule has 0 unspecified atom stereocenters. The van der Waals surface area contributed by atoms with Gasteiger partial charge in [0.05, 0.1) is 11.8 Å². The number of aliphatic hydroxyl groups is 1. The van der Waals surface area contributed by atoms with Crippen LogP contribution in [0.4, 0.5) is 13.2 Å². The Morgan fingerprint density at radius 2 is 2.06 bits per heavy atom. The van der Waals surface area contributed by atoms with Crippen LogP contribution < -0.4 is 10.1 Å². The molecule has 0 saturated heterocycles. The first kappa shape index (κ1) is 23.8. The third kappa shape index (κ3) is 5.40. The molecule has 1 aromatic carbocycles. The minimum atomic E-state index is -4.52. The number of pyridine rings is 1. The fraction of sp³-hybridized carbons (Fsp3) is 0.261. The first-order valence-corrected chi connectivity index (χ1v) is 10.6. The molecule has 1 aliphatic rings. The molecule has 0 aliphatic carbocycles. The van der Waals surface area contributed by atoms with E-state index in [0.29, 0.717) is 46.1 Å². The number of aromatic nitrogens is 2. The van der Waals surface area contributed by atoms with Crippen LogP contribution in [0.3, 0.4) is 0 Å². The van der Waals surface area contributed by atoms with Crippen LogP contribution >= 0.6 is 11.6 Å². The van der Waals surface area contributed by atoms with Crippen LogP contribution in [0.2, 0.25) is 5.02 Å². The standard InChI is InChI=1S/C23H19ClF3N3O4/c1-12(29-22(32)20-10-17(31)16-8-14(24)4-6-18(16)33-20)2-5-15-9-19(34-30-15)13-3-7-21(28-11-13)23(25,26)27/h3-4,6-9,11,17,20,31H,1-2,5,10H2,(H,29,32)/t17-,20+/m1/s1. The Morgan fingerprint density at radius 3 is 2.76 bits per heavy atom. The highest BCUT2D eigenvalue weighted by Gasteiger charge is 2.33. The van der Waals surface area contributed by atoms with E-state index in [1.54, 1.807) is 24.3 Å². The van der Waals surface area contributed by atoms with Gasteiger partial charge in [0, 0.05) is 40.5 Å². The lowest BCUT2D eigenvalue weighted by Gasteiger charge is -2.29. The van der Waals surface area contributed by atoms with Crippen LogP contribution in [0.5, 0.6) is 5.75 Å². The second-order valence-corrected chi connectivity index (χ2v) is 8.18. The number of rotatable bonds is 6. The molecule has 0 saturated carbocycles. The van der Waals surface area contributed by atoms with E-state index in [4.69, 9.17) is 20.9 Å². The predicted octanol–water partition coefficient (Wildman–Crippen LogP) is 4.86. The molecule has 1 amide bonds. The molecule has 2 N–H and O–H groups in total. The van der Waals surface area contributed by atoms with Gasteiger partial charge in [0.1, 0.15) is 11.4 Å². The van der Waals surface area contributed by atoms with E-state index in [-0.39, 0.29) is 12.2 Å². The van der Waals surface area contributed by atoms with Gasteiger partial charge in [-0.1, -0.05) is 23.3 Å². The monoisotopic (exact) mass is 493 g/mol. The van der Waals surface area contributed by atoms with Crippen LogP contribution in [0.15, 0.2) is 59.4 Å². The van der Waals surface area contributed by atoms with E-state index in [9.17, 15) is 23.1 Å². The zero-order chi connectivity index (χ0) is 24.5. The van der Waals surface area contributed by atoms with Crippen molar-refractivity contribution in [3.05, 3.63) is 76.8 Å². The third-order valence-electron chi connectivity index (χ3n) is 5.21. The number of hydrogen-bond donors (Lipinski definition) is 2. The van der Waals surface area contributed by atoms with Crippen molar-refractivity contribution in [1.82, 2.24) is 15.5 Å². The summed E-state index contributed by atoms with van der Waals surface area (Å²) in [6.07, 6.45) is -4.47. The number of nitrogens with one attached hydrogen (secondary N) is 1.